The second kappa shape index (κ2) is 7.35. The fraction of sp³-hybridized carbons (Fsp3) is 0.462. The number of non-ortho nitro benzene ring substituents is 1. The van der Waals surface area contributed by atoms with Crippen LogP contribution in [0.25, 0.3) is 0 Å². The van der Waals surface area contributed by atoms with Gasteiger partial charge in [-0.1, -0.05) is 13.8 Å². The minimum atomic E-state index is -0.501. The fourth-order valence-corrected chi connectivity index (χ4v) is 1.51. The molecule has 1 rings (SSSR count). The molecule has 1 N–H and O–H groups in total. The quantitative estimate of drug-likeness (QED) is 0.607. The van der Waals surface area contributed by atoms with E-state index in [2.05, 4.69) is 5.32 Å². The molecule has 1 amide bonds. The third kappa shape index (κ3) is 4.57. The van der Waals surface area contributed by atoms with Gasteiger partial charge in [-0.2, -0.15) is 0 Å². The maximum atomic E-state index is 11.6. The molecule has 0 heterocycles. The smallest absolute Gasteiger partial charge is 0.271 e. The van der Waals surface area contributed by atoms with E-state index in [4.69, 9.17) is 4.74 Å². The van der Waals surface area contributed by atoms with Crippen LogP contribution in [0, 0.1) is 10.1 Å². The number of hydrogen-bond donors (Lipinski definition) is 1. The molecule has 19 heavy (non-hydrogen) atoms. The van der Waals surface area contributed by atoms with Crippen molar-refractivity contribution in [3.63, 3.8) is 0 Å². The van der Waals surface area contributed by atoms with E-state index in [0.29, 0.717) is 30.9 Å². The summed E-state index contributed by atoms with van der Waals surface area (Å²) >= 11 is 0. The van der Waals surface area contributed by atoms with Gasteiger partial charge in [0, 0.05) is 18.6 Å². The van der Waals surface area contributed by atoms with Gasteiger partial charge in [-0.3, -0.25) is 14.9 Å². The SMILES string of the molecule is CCCOc1ccc([N+](=O)[O-])cc1NC(=O)CCC. The maximum absolute atomic E-state index is 11.6. The number of carbonyl (C=O) groups excluding carboxylic acids is 1. The zero-order chi connectivity index (χ0) is 14.3. The Balaban J connectivity index is 2.96. The van der Waals surface area contributed by atoms with E-state index in [9.17, 15) is 14.9 Å². The van der Waals surface area contributed by atoms with E-state index in [-0.39, 0.29) is 11.6 Å². The van der Waals surface area contributed by atoms with Gasteiger partial charge < -0.3 is 10.1 Å². The van der Waals surface area contributed by atoms with Gasteiger partial charge in [0.05, 0.1) is 17.2 Å². The number of ether oxygens (including phenoxy) is 1. The zero-order valence-corrected chi connectivity index (χ0v) is 11.1. The van der Waals surface area contributed by atoms with Crippen molar-refractivity contribution in [2.45, 2.75) is 33.1 Å². The normalized spacial score (nSPS) is 10.0. The molecule has 0 spiro atoms. The highest BCUT2D eigenvalue weighted by atomic mass is 16.6. The van der Waals surface area contributed by atoms with Crippen LogP contribution in [0.4, 0.5) is 11.4 Å². The summed E-state index contributed by atoms with van der Waals surface area (Å²) in [5.74, 6) is 0.279. The predicted molar refractivity (Wildman–Crippen MR) is 72.4 cm³/mol. The standard InChI is InChI=1S/C13H18N2O4/c1-3-5-13(16)14-11-9-10(15(17)18)6-7-12(11)19-8-4-2/h6-7,9H,3-5,8H2,1-2H3,(H,14,16). The first-order chi connectivity index (χ1) is 9.08. The van der Waals surface area contributed by atoms with Crippen LogP contribution < -0.4 is 10.1 Å². The maximum Gasteiger partial charge on any atom is 0.271 e. The van der Waals surface area contributed by atoms with Gasteiger partial charge in [0.2, 0.25) is 5.91 Å². The van der Waals surface area contributed by atoms with Crippen molar-refractivity contribution < 1.29 is 14.5 Å². The molecule has 0 fully saturated rings. The Morgan fingerprint density at radius 3 is 2.68 bits per heavy atom. The first kappa shape index (κ1) is 14.9. The Labute approximate surface area is 111 Å². The largest absolute Gasteiger partial charge is 0.491 e. The molecule has 0 saturated carbocycles. The zero-order valence-electron chi connectivity index (χ0n) is 11.1. The van der Waals surface area contributed by atoms with E-state index in [1.807, 2.05) is 13.8 Å². The van der Waals surface area contributed by atoms with E-state index in [1.54, 1.807) is 0 Å². The minimum absolute atomic E-state index is 0.0735. The number of carbonyl (C=O) groups is 1. The molecule has 0 unspecified atom stereocenters. The predicted octanol–water partition coefficient (Wildman–Crippen LogP) is 3.12. The molecule has 6 heteroatoms. The van der Waals surface area contributed by atoms with Crippen molar-refractivity contribution >= 4 is 17.3 Å². The number of rotatable bonds is 7. The van der Waals surface area contributed by atoms with Crippen LogP contribution in [0.1, 0.15) is 33.1 Å². The van der Waals surface area contributed by atoms with Gasteiger partial charge in [0.1, 0.15) is 5.75 Å². The number of nitrogens with one attached hydrogen (secondary N) is 1. The minimum Gasteiger partial charge on any atom is -0.491 e. The first-order valence-corrected chi connectivity index (χ1v) is 6.29. The summed E-state index contributed by atoms with van der Waals surface area (Å²) in [5.41, 5.74) is 0.275. The summed E-state index contributed by atoms with van der Waals surface area (Å²) in [6, 6.07) is 4.19. The van der Waals surface area contributed by atoms with Crippen molar-refractivity contribution in [1.29, 1.82) is 0 Å². The Morgan fingerprint density at radius 1 is 1.37 bits per heavy atom. The highest BCUT2D eigenvalue weighted by molar-refractivity contribution is 5.92. The number of hydrogen-bond acceptors (Lipinski definition) is 4. The van der Waals surface area contributed by atoms with Crippen molar-refractivity contribution in [2.75, 3.05) is 11.9 Å². The van der Waals surface area contributed by atoms with Crippen molar-refractivity contribution in [3.8, 4) is 5.75 Å². The summed E-state index contributed by atoms with van der Waals surface area (Å²) in [4.78, 5) is 21.8. The molecular formula is C13H18N2O4. The molecule has 0 bridgehead atoms. The molecule has 1 aromatic rings. The lowest BCUT2D eigenvalue weighted by Crippen LogP contribution is -2.12. The van der Waals surface area contributed by atoms with E-state index >= 15 is 0 Å². The summed E-state index contributed by atoms with van der Waals surface area (Å²) in [5, 5.41) is 13.4. The molecule has 0 aromatic heterocycles. The highest BCUT2D eigenvalue weighted by Crippen LogP contribution is 2.29. The first-order valence-electron chi connectivity index (χ1n) is 6.29. The number of nitrogens with zero attached hydrogens (tertiary/aromatic N) is 1. The lowest BCUT2D eigenvalue weighted by atomic mass is 10.2. The molecular weight excluding hydrogens is 248 g/mol. The van der Waals surface area contributed by atoms with Gasteiger partial charge in [-0.05, 0) is 18.9 Å². The van der Waals surface area contributed by atoms with Crippen molar-refractivity contribution in [2.24, 2.45) is 0 Å². The lowest BCUT2D eigenvalue weighted by Gasteiger charge is -2.11. The number of nitro benzene ring substituents is 1. The third-order valence-electron chi connectivity index (χ3n) is 2.39. The highest BCUT2D eigenvalue weighted by Gasteiger charge is 2.13. The van der Waals surface area contributed by atoms with Crippen LogP contribution in [0.3, 0.4) is 0 Å². The summed E-state index contributed by atoms with van der Waals surface area (Å²) < 4.78 is 5.46. The lowest BCUT2D eigenvalue weighted by molar-refractivity contribution is -0.384. The number of anilines is 1. The molecule has 0 aliphatic heterocycles. The van der Waals surface area contributed by atoms with E-state index in [1.165, 1.54) is 18.2 Å². The van der Waals surface area contributed by atoms with Gasteiger partial charge >= 0.3 is 0 Å². The fourth-order valence-electron chi connectivity index (χ4n) is 1.51. The molecule has 1 aromatic carbocycles. The average Bonchev–Trinajstić information content (AvgIpc) is 2.37. The van der Waals surface area contributed by atoms with Gasteiger partial charge in [-0.25, -0.2) is 0 Å². The Hall–Kier alpha value is -2.11. The Bertz CT molecular complexity index is 460. The number of benzene rings is 1. The molecule has 6 nitrogen and oxygen atoms in total. The monoisotopic (exact) mass is 266 g/mol. The topological polar surface area (TPSA) is 81.5 Å². The van der Waals surface area contributed by atoms with Crippen molar-refractivity contribution in [3.05, 3.63) is 28.3 Å². The van der Waals surface area contributed by atoms with Gasteiger partial charge in [-0.15, -0.1) is 0 Å². The molecule has 0 atom stereocenters. The summed E-state index contributed by atoms with van der Waals surface area (Å²) in [6.07, 6.45) is 1.90. The van der Waals surface area contributed by atoms with E-state index in [0.717, 1.165) is 6.42 Å². The van der Waals surface area contributed by atoms with Crippen molar-refractivity contribution in [1.82, 2.24) is 0 Å². The van der Waals surface area contributed by atoms with E-state index < -0.39 is 4.92 Å². The Kier molecular flexibility index (Phi) is 5.78. The molecule has 0 aliphatic carbocycles. The van der Waals surface area contributed by atoms with Gasteiger partial charge in [0.15, 0.2) is 0 Å². The van der Waals surface area contributed by atoms with Crippen LogP contribution >= 0.6 is 0 Å². The van der Waals surface area contributed by atoms with Crippen LogP contribution in [0.5, 0.6) is 5.75 Å². The van der Waals surface area contributed by atoms with Crippen LogP contribution in [0.15, 0.2) is 18.2 Å². The molecule has 0 aliphatic rings. The summed E-state index contributed by atoms with van der Waals surface area (Å²) in [7, 11) is 0. The molecule has 0 radical (unpaired) electrons. The van der Waals surface area contributed by atoms with Gasteiger partial charge in [0.25, 0.3) is 5.69 Å². The molecule has 0 saturated heterocycles. The number of nitro groups is 1. The van der Waals surface area contributed by atoms with Crippen LogP contribution in [0.2, 0.25) is 0 Å². The number of amides is 1. The Morgan fingerprint density at radius 2 is 2.11 bits per heavy atom. The third-order valence-corrected chi connectivity index (χ3v) is 2.39. The second-order valence-electron chi connectivity index (χ2n) is 4.08. The van der Waals surface area contributed by atoms with Crippen LogP contribution in [-0.2, 0) is 4.79 Å². The van der Waals surface area contributed by atoms with Crippen LogP contribution in [-0.4, -0.2) is 17.4 Å². The second-order valence-corrected chi connectivity index (χ2v) is 4.08. The summed E-state index contributed by atoms with van der Waals surface area (Å²) in [6.45, 7) is 4.34. The average molecular weight is 266 g/mol. The molecule has 104 valence electrons.